The Morgan fingerprint density at radius 1 is 0.972 bits per heavy atom. The second kappa shape index (κ2) is 11.6. The quantitative estimate of drug-likeness (QED) is 0.429. The number of benzene rings is 3. The Morgan fingerprint density at radius 2 is 1.64 bits per heavy atom. The van der Waals surface area contributed by atoms with Gasteiger partial charge < -0.3 is 15.4 Å². The van der Waals surface area contributed by atoms with E-state index in [1.165, 1.54) is 16.7 Å². The third-order valence-corrected chi connectivity index (χ3v) is 6.68. The zero-order chi connectivity index (χ0) is 25.7. The lowest BCUT2D eigenvalue weighted by Crippen LogP contribution is -2.43. The maximum atomic E-state index is 13.9. The standard InChI is InChI=1S/C29H31F3N2O2/c1-19-4-2-3-5-21(19)14-20-6-8-24(9-7-20)36-25-10-12-34(13-11-25)29(35)17-23(33)15-22-16-27(31)28(32)18-26(22)30/h2-9,16,18,23,25H,10-15,17,33H2,1H3. The summed E-state index contributed by atoms with van der Waals surface area (Å²) in [5, 5.41) is 0. The summed E-state index contributed by atoms with van der Waals surface area (Å²) < 4.78 is 46.5. The van der Waals surface area contributed by atoms with Crippen molar-refractivity contribution in [3.05, 3.63) is 100 Å². The van der Waals surface area contributed by atoms with E-state index in [0.717, 1.165) is 18.2 Å². The molecule has 0 saturated carbocycles. The number of nitrogens with zero attached hydrogens (tertiary/aromatic N) is 1. The van der Waals surface area contributed by atoms with Gasteiger partial charge >= 0.3 is 0 Å². The minimum atomic E-state index is -1.25. The molecule has 1 fully saturated rings. The Balaban J connectivity index is 1.22. The third kappa shape index (κ3) is 6.66. The first kappa shape index (κ1) is 25.8. The Bertz CT molecular complexity index is 1190. The summed E-state index contributed by atoms with van der Waals surface area (Å²) in [6.07, 6.45) is 2.24. The number of rotatable bonds is 8. The van der Waals surface area contributed by atoms with Gasteiger partial charge in [0.15, 0.2) is 11.6 Å². The number of amides is 1. The van der Waals surface area contributed by atoms with Crippen LogP contribution >= 0.6 is 0 Å². The van der Waals surface area contributed by atoms with Gasteiger partial charge in [-0.3, -0.25) is 4.79 Å². The molecule has 3 aromatic rings. The topological polar surface area (TPSA) is 55.6 Å². The summed E-state index contributed by atoms with van der Waals surface area (Å²) in [5.74, 6) is -2.57. The predicted molar refractivity (Wildman–Crippen MR) is 133 cm³/mol. The molecule has 1 amide bonds. The van der Waals surface area contributed by atoms with Gasteiger partial charge in [0.25, 0.3) is 0 Å². The minimum absolute atomic E-state index is 0.00626. The lowest BCUT2D eigenvalue weighted by Gasteiger charge is -2.33. The average Bonchev–Trinajstić information content (AvgIpc) is 2.85. The molecule has 1 atom stereocenters. The maximum Gasteiger partial charge on any atom is 0.224 e. The molecular formula is C29H31F3N2O2. The van der Waals surface area contributed by atoms with Crippen molar-refractivity contribution < 1.29 is 22.7 Å². The Kier molecular flexibility index (Phi) is 8.31. The van der Waals surface area contributed by atoms with Crippen molar-refractivity contribution in [3.8, 4) is 5.75 Å². The van der Waals surface area contributed by atoms with E-state index in [9.17, 15) is 18.0 Å². The van der Waals surface area contributed by atoms with Crippen molar-refractivity contribution in [2.45, 2.75) is 51.2 Å². The van der Waals surface area contributed by atoms with E-state index < -0.39 is 23.5 Å². The molecule has 0 aromatic heterocycles. The van der Waals surface area contributed by atoms with Crippen LogP contribution in [0.2, 0.25) is 0 Å². The highest BCUT2D eigenvalue weighted by atomic mass is 19.2. The molecule has 190 valence electrons. The zero-order valence-corrected chi connectivity index (χ0v) is 20.4. The SMILES string of the molecule is Cc1ccccc1Cc1ccc(OC2CCN(C(=O)CC(N)Cc3cc(F)c(F)cc3F)CC2)cc1. The zero-order valence-electron chi connectivity index (χ0n) is 20.4. The lowest BCUT2D eigenvalue weighted by atomic mass is 10.0. The number of hydrogen-bond acceptors (Lipinski definition) is 3. The molecule has 0 aliphatic carbocycles. The molecule has 3 aromatic carbocycles. The maximum absolute atomic E-state index is 13.9. The van der Waals surface area contributed by atoms with Crippen LogP contribution in [0, 0.1) is 24.4 Å². The fourth-order valence-electron chi connectivity index (χ4n) is 4.56. The van der Waals surface area contributed by atoms with Gasteiger partial charge in [0.05, 0.1) is 0 Å². The van der Waals surface area contributed by atoms with Crippen molar-refractivity contribution in [2.24, 2.45) is 5.73 Å². The molecule has 1 aliphatic heterocycles. The normalized spacial score (nSPS) is 15.1. The smallest absolute Gasteiger partial charge is 0.224 e. The van der Waals surface area contributed by atoms with Crippen molar-refractivity contribution in [1.29, 1.82) is 0 Å². The highest BCUT2D eigenvalue weighted by molar-refractivity contribution is 5.77. The highest BCUT2D eigenvalue weighted by Crippen LogP contribution is 2.22. The van der Waals surface area contributed by atoms with E-state index in [-0.39, 0.29) is 30.4 Å². The minimum Gasteiger partial charge on any atom is -0.490 e. The second-order valence-corrected chi connectivity index (χ2v) is 9.47. The number of hydrogen-bond donors (Lipinski definition) is 1. The van der Waals surface area contributed by atoms with Gasteiger partial charge in [-0.1, -0.05) is 36.4 Å². The fraction of sp³-hybridized carbons (Fsp3) is 0.345. The molecule has 1 unspecified atom stereocenters. The van der Waals surface area contributed by atoms with Crippen LogP contribution in [0.5, 0.6) is 5.75 Å². The van der Waals surface area contributed by atoms with Crippen LogP contribution in [0.4, 0.5) is 13.2 Å². The average molecular weight is 497 g/mol. The van der Waals surface area contributed by atoms with Gasteiger partial charge in [0.1, 0.15) is 17.7 Å². The largest absolute Gasteiger partial charge is 0.490 e. The summed E-state index contributed by atoms with van der Waals surface area (Å²) in [5.41, 5.74) is 9.78. The van der Waals surface area contributed by atoms with Gasteiger partial charge in [-0.05, 0) is 60.2 Å². The molecule has 2 N–H and O–H groups in total. The molecule has 0 spiro atoms. The number of piperidine rings is 1. The second-order valence-electron chi connectivity index (χ2n) is 9.47. The van der Waals surface area contributed by atoms with E-state index >= 15 is 0 Å². The number of carbonyl (C=O) groups excluding carboxylic acids is 1. The van der Waals surface area contributed by atoms with E-state index in [0.29, 0.717) is 32.0 Å². The van der Waals surface area contributed by atoms with Crippen LogP contribution in [-0.4, -0.2) is 36.0 Å². The number of nitrogens with two attached hydrogens (primary N) is 1. The van der Waals surface area contributed by atoms with E-state index in [1.54, 1.807) is 4.90 Å². The fourth-order valence-corrected chi connectivity index (χ4v) is 4.56. The van der Waals surface area contributed by atoms with Crippen LogP contribution in [-0.2, 0) is 17.6 Å². The van der Waals surface area contributed by atoms with Crippen LogP contribution < -0.4 is 10.5 Å². The van der Waals surface area contributed by atoms with Crippen molar-refractivity contribution >= 4 is 5.91 Å². The molecule has 36 heavy (non-hydrogen) atoms. The monoisotopic (exact) mass is 496 g/mol. The Hall–Kier alpha value is -3.32. The number of likely N-dealkylation sites (tertiary alicyclic amines) is 1. The number of aryl methyl sites for hydroxylation is 1. The molecule has 1 heterocycles. The Labute approximate surface area is 209 Å². The first-order chi connectivity index (χ1) is 17.3. The van der Waals surface area contributed by atoms with Gasteiger partial charge in [-0.25, -0.2) is 13.2 Å². The van der Waals surface area contributed by atoms with Gasteiger partial charge in [0.2, 0.25) is 5.91 Å². The summed E-state index contributed by atoms with van der Waals surface area (Å²) in [7, 11) is 0. The van der Waals surface area contributed by atoms with Crippen molar-refractivity contribution in [3.63, 3.8) is 0 Å². The molecule has 0 radical (unpaired) electrons. The molecule has 4 nitrogen and oxygen atoms in total. The Morgan fingerprint density at radius 3 is 2.33 bits per heavy atom. The molecular weight excluding hydrogens is 465 g/mol. The van der Waals surface area contributed by atoms with E-state index in [1.807, 2.05) is 18.2 Å². The van der Waals surface area contributed by atoms with Crippen LogP contribution in [0.15, 0.2) is 60.7 Å². The first-order valence-corrected chi connectivity index (χ1v) is 12.3. The van der Waals surface area contributed by atoms with Crippen molar-refractivity contribution in [2.75, 3.05) is 13.1 Å². The predicted octanol–water partition coefficient (Wildman–Crippen LogP) is 5.33. The molecule has 4 rings (SSSR count). The third-order valence-electron chi connectivity index (χ3n) is 6.68. The number of carbonyl (C=O) groups is 1. The molecule has 0 bridgehead atoms. The lowest BCUT2D eigenvalue weighted by molar-refractivity contribution is -0.133. The number of halogens is 3. The van der Waals surface area contributed by atoms with E-state index in [2.05, 4.69) is 37.3 Å². The van der Waals surface area contributed by atoms with Gasteiger partial charge in [-0.15, -0.1) is 0 Å². The summed E-state index contributed by atoms with van der Waals surface area (Å²) in [6, 6.07) is 17.1. The van der Waals surface area contributed by atoms with Crippen LogP contribution in [0.1, 0.15) is 41.5 Å². The summed E-state index contributed by atoms with van der Waals surface area (Å²) in [4.78, 5) is 14.4. The molecule has 1 aliphatic rings. The van der Waals surface area contributed by atoms with Gasteiger partial charge in [-0.2, -0.15) is 0 Å². The van der Waals surface area contributed by atoms with Crippen LogP contribution in [0.25, 0.3) is 0 Å². The summed E-state index contributed by atoms with van der Waals surface area (Å²) in [6.45, 7) is 3.20. The van der Waals surface area contributed by atoms with Crippen molar-refractivity contribution in [1.82, 2.24) is 4.90 Å². The first-order valence-electron chi connectivity index (χ1n) is 12.3. The number of ether oxygens (including phenoxy) is 1. The molecule has 1 saturated heterocycles. The highest BCUT2D eigenvalue weighted by Gasteiger charge is 2.25. The van der Waals surface area contributed by atoms with Crippen LogP contribution in [0.3, 0.4) is 0 Å². The van der Waals surface area contributed by atoms with Gasteiger partial charge in [0, 0.05) is 44.5 Å². The molecule has 7 heteroatoms. The van der Waals surface area contributed by atoms with E-state index in [4.69, 9.17) is 10.5 Å². The summed E-state index contributed by atoms with van der Waals surface area (Å²) >= 11 is 0.